The Bertz CT molecular complexity index is 983. The number of amides is 3. The van der Waals surface area contributed by atoms with Gasteiger partial charge < -0.3 is 5.32 Å². The first-order valence-electron chi connectivity index (χ1n) is 9.48. The van der Waals surface area contributed by atoms with Gasteiger partial charge in [0.25, 0.3) is 0 Å². The topological polar surface area (TPSA) is 101 Å². The van der Waals surface area contributed by atoms with Crippen LogP contribution in [0, 0.1) is 6.92 Å². The summed E-state index contributed by atoms with van der Waals surface area (Å²) in [5.41, 5.74) is 1.17. The van der Waals surface area contributed by atoms with Crippen LogP contribution in [0.1, 0.15) is 55.1 Å². The molecule has 3 rings (SSSR count). The maximum Gasteiger partial charge on any atom is 0.234 e. The van der Waals surface area contributed by atoms with Crippen molar-refractivity contribution in [3.63, 3.8) is 0 Å². The summed E-state index contributed by atoms with van der Waals surface area (Å²) in [5, 5.41) is 5.81. The van der Waals surface area contributed by atoms with Gasteiger partial charge >= 0.3 is 0 Å². The van der Waals surface area contributed by atoms with Gasteiger partial charge in [0, 0.05) is 41.0 Å². The van der Waals surface area contributed by atoms with E-state index in [2.05, 4.69) is 20.6 Å². The number of nitrogens with zero attached hydrogens (tertiary/aromatic N) is 2. The zero-order chi connectivity index (χ0) is 22.1. The molecule has 0 unspecified atom stereocenters. The quantitative estimate of drug-likeness (QED) is 0.683. The van der Waals surface area contributed by atoms with Crippen LogP contribution in [-0.2, 0) is 26.3 Å². The van der Waals surface area contributed by atoms with Crippen LogP contribution < -0.4 is 10.6 Å². The molecule has 0 bridgehead atoms. The fourth-order valence-corrected chi connectivity index (χ4v) is 4.06. The van der Waals surface area contributed by atoms with E-state index >= 15 is 0 Å². The molecule has 3 amide bonds. The van der Waals surface area contributed by atoms with Gasteiger partial charge in [-0.05, 0) is 50.5 Å². The summed E-state index contributed by atoms with van der Waals surface area (Å²) >= 11 is 12.8. The highest BCUT2D eigenvalue weighted by Gasteiger charge is 2.33. The van der Waals surface area contributed by atoms with Crippen molar-refractivity contribution in [2.75, 3.05) is 0 Å². The lowest BCUT2D eigenvalue weighted by molar-refractivity contribution is -0.134. The van der Waals surface area contributed by atoms with Crippen LogP contribution in [-0.4, -0.2) is 27.7 Å². The number of carbonyl (C=O) groups is 3. The van der Waals surface area contributed by atoms with Gasteiger partial charge in [-0.3, -0.25) is 19.7 Å². The highest BCUT2D eigenvalue weighted by atomic mass is 35.5. The van der Waals surface area contributed by atoms with Crippen molar-refractivity contribution in [1.29, 1.82) is 0 Å². The lowest BCUT2D eigenvalue weighted by Gasteiger charge is -2.24. The van der Waals surface area contributed by atoms with E-state index in [-0.39, 0.29) is 24.8 Å². The van der Waals surface area contributed by atoms with Crippen LogP contribution in [0.3, 0.4) is 0 Å². The molecule has 1 fully saturated rings. The monoisotopic (exact) mass is 448 g/mol. The number of aryl methyl sites for hydroxylation is 1. The first kappa shape index (κ1) is 22.2. The van der Waals surface area contributed by atoms with E-state index in [0.29, 0.717) is 33.4 Å². The maximum atomic E-state index is 12.7. The second-order valence-corrected chi connectivity index (χ2v) is 8.68. The van der Waals surface area contributed by atoms with E-state index in [9.17, 15) is 14.4 Å². The van der Waals surface area contributed by atoms with Gasteiger partial charge in [0.15, 0.2) is 0 Å². The third-order valence-electron chi connectivity index (χ3n) is 5.09. The van der Waals surface area contributed by atoms with Crippen LogP contribution in [0.4, 0.5) is 0 Å². The third kappa shape index (κ3) is 4.63. The van der Waals surface area contributed by atoms with E-state index in [0.717, 1.165) is 5.56 Å². The fourth-order valence-electron chi connectivity index (χ4n) is 3.26. The average molecular weight is 449 g/mol. The summed E-state index contributed by atoms with van der Waals surface area (Å²) in [4.78, 5) is 44.8. The molecule has 1 aliphatic heterocycles. The second-order valence-electron chi connectivity index (χ2n) is 7.87. The van der Waals surface area contributed by atoms with E-state index in [1.54, 1.807) is 38.4 Å². The second kappa shape index (κ2) is 8.70. The zero-order valence-electron chi connectivity index (χ0n) is 16.9. The van der Waals surface area contributed by atoms with Gasteiger partial charge in [-0.1, -0.05) is 23.2 Å². The zero-order valence-corrected chi connectivity index (χ0v) is 18.4. The Balaban J connectivity index is 1.73. The van der Waals surface area contributed by atoms with Crippen LogP contribution in [0.5, 0.6) is 0 Å². The third-order valence-corrected chi connectivity index (χ3v) is 5.71. The summed E-state index contributed by atoms with van der Waals surface area (Å²) in [6.45, 7) is 5.57. The number of carbonyl (C=O) groups excluding carboxylic acids is 3. The average Bonchev–Trinajstić information content (AvgIpc) is 2.67. The van der Waals surface area contributed by atoms with Crippen LogP contribution in [0.25, 0.3) is 0 Å². The number of nitrogens with one attached hydrogen (secondary N) is 2. The van der Waals surface area contributed by atoms with Gasteiger partial charge in [-0.2, -0.15) is 0 Å². The van der Waals surface area contributed by atoms with E-state index < -0.39 is 17.2 Å². The number of hydrogen-bond donors (Lipinski definition) is 2. The smallest absolute Gasteiger partial charge is 0.234 e. The molecule has 1 aromatic carbocycles. The van der Waals surface area contributed by atoms with Crippen molar-refractivity contribution in [1.82, 2.24) is 20.6 Å². The molecule has 2 N–H and O–H groups in total. The lowest BCUT2D eigenvalue weighted by atomic mass is 9.89. The minimum absolute atomic E-state index is 0.198. The van der Waals surface area contributed by atoms with Gasteiger partial charge in [-0.15, -0.1) is 0 Å². The Morgan fingerprint density at radius 3 is 2.37 bits per heavy atom. The molecule has 0 spiro atoms. The number of piperidine rings is 1. The van der Waals surface area contributed by atoms with Crippen molar-refractivity contribution in [2.45, 2.75) is 51.5 Å². The molecular weight excluding hydrogens is 427 g/mol. The molecule has 0 saturated carbocycles. The normalized spacial score (nSPS) is 16.9. The lowest BCUT2D eigenvalue weighted by Crippen LogP contribution is -2.41. The summed E-state index contributed by atoms with van der Waals surface area (Å²) in [6, 6.07) is 3.34. The number of rotatable bonds is 5. The summed E-state index contributed by atoms with van der Waals surface area (Å²) in [5.74, 6) is -1.11. The Hall–Kier alpha value is -2.51. The SMILES string of the molecule is Cc1cnc(C(C)(C)C(=O)NCc2cc(Cl)c([C@H]3CCC(=O)NC3=O)c(Cl)c2)nc1. The molecule has 7 nitrogen and oxygen atoms in total. The standard InChI is InChI=1S/C21H22Cl2N4O3/c1-11-8-24-19(25-9-11)21(2,3)20(30)26-10-12-6-14(22)17(15(23)7-12)13-4-5-16(28)27-18(13)29/h6-9,13H,4-5,10H2,1-3H3,(H,26,30)(H,27,28,29)/t13-/m1/s1. The molecule has 1 atom stereocenters. The minimum atomic E-state index is -0.923. The number of aromatic nitrogens is 2. The van der Waals surface area contributed by atoms with Crippen molar-refractivity contribution in [3.05, 3.63) is 57.1 Å². The van der Waals surface area contributed by atoms with Gasteiger partial charge in [-0.25, -0.2) is 9.97 Å². The molecule has 2 heterocycles. The predicted molar refractivity (Wildman–Crippen MR) is 113 cm³/mol. The summed E-state index contributed by atoms with van der Waals surface area (Å²) < 4.78 is 0. The Morgan fingerprint density at radius 1 is 1.20 bits per heavy atom. The van der Waals surface area contributed by atoms with E-state index in [1.165, 1.54) is 0 Å². The predicted octanol–water partition coefficient (Wildman–Crippen LogP) is 3.21. The Kier molecular flexibility index (Phi) is 6.43. The molecule has 1 saturated heterocycles. The van der Waals surface area contributed by atoms with E-state index in [1.807, 2.05) is 6.92 Å². The number of hydrogen-bond acceptors (Lipinski definition) is 5. The van der Waals surface area contributed by atoms with Crippen LogP contribution in [0.2, 0.25) is 10.0 Å². The van der Waals surface area contributed by atoms with Crippen LogP contribution in [0.15, 0.2) is 24.5 Å². The van der Waals surface area contributed by atoms with Gasteiger partial charge in [0.2, 0.25) is 17.7 Å². The molecule has 1 aliphatic rings. The van der Waals surface area contributed by atoms with Gasteiger partial charge in [0.1, 0.15) is 11.2 Å². The highest BCUT2D eigenvalue weighted by Crippen LogP contribution is 2.37. The van der Waals surface area contributed by atoms with Crippen molar-refractivity contribution >= 4 is 40.9 Å². The molecular formula is C21H22Cl2N4O3. The Morgan fingerprint density at radius 2 is 1.80 bits per heavy atom. The van der Waals surface area contributed by atoms with Crippen LogP contribution >= 0.6 is 23.2 Å². The number of imide groups is 1. The molecule has 0 radical (unpaired) electrons. The summed E-state index contributed by atoms with van der Waals surface area (Å²) in [6.07, 6.45) is 3.93. The fraction of sp³-hybridized carbons (Fsp3) is 0.381. The van der Waals surface area contributed by atoms with Crippen molar-refractivity contribution in [2.24, 2.45) is 0 Å². The first-order chi connectivity index (χ1) is 14.1. The first-order valence-corrected chi connectivity index (χ1v) is 10.2. The van der Waals surface area contributed by atoms with Gasteiger partial charge in [0.05, 0.1) is 5.92 Å². The van der Waals surface area contributed by atoms with Crippen molar-refractivity contribution < 1.29 is 14.4 Å². The molecule has 2 aromatic rings. The minimum Gasteiger partial charge on any atom is -0.351 e. The largest absolute Gasteiger partial charge is 0.351 e. The number of halogens is 2. The number of benzene rings is 1. The molecule has 1 aromatic heterocycles. The van der Waals surface area contributed by atoms with E-state index in [4.69, 9.17) is 23.2 Å². The molecule has 9 heteroatoms. The Labute approximate surface area is 184 Å². The van der Waals surface area contributed by atoms with Crippen molar-refractivity contribution in [3.8, 4) is 0 Å². The molecule has 158 valence electrons. The molecule has 0 aliphatic carbocycles. The highest BCUT2D eigenvalue weighted by molar-refractivity contribution is 6.36. The maximum absolute atomic E-state index is 12.7. The molecule has 30 heavy (non-hydrogen) atoms. The summed E-state index contributed by atoms with van der Waals surface area (Å²) in [7, 11) is 0.